The summed E-state index contributed by atoms with van der Waals surface area (Å²) in [5.41, 5.74) is 6.68. The zero-order valence-electron chi connectivity index (χ0n) is 21.0. The monoisotopic (exact) mass is 463 g/mol. The van der Waals surface area contributed by atoms with Crippen molar-refractivity contribution in [3.63, 3.8) is 0 Å². The normalized spacial score (nSPS) is 15.3. The summed E-state index contributed by atoms with van der Waals surface area (Å²) in [6.45, 7) is 13.4. The molecule has 0 radical (unpaired) electrons. The Morgan fingerprint density at radius 3 is 2.06 bits per heavy atom. The highest BCUT2D eigenvalue weighted by atomic mass is 16.5. The number of rotatable bonds is 12. The molecule has 1 aromatic rings. The average Bonchev–Trinajstić information content (AvgIpc) is 2.70. The van der Waals surface area contributed by atoms with E-state index >= 15 is 0 Å². The van der Waals surface area contributed by atoms with Crippen molar-refractivity contribution in [2.45, 2.75) is 91.5 Å². The highest BCUT2D eigenvalue weighted by Gasteiger charge is 2.31. The number of hydrogen-bond donors (Lipinski definition) is 4. The van der Waals surface area contributed by atoms with Gasteiger partial charge in [-0.3, -0.25) is 9.59 Å². The van der Waals surface area contributed by atoms with E-state index < -0.39 is 35.9 Å². The summed E-state index contributed by atoms with van der Waals surface area (Å²) >= 11 is 0. The topological polar surface area (TPSA) is 131 Å². The first-order valence-corrected chi connectivity index (χ1v) is 11.6. The van der Waals surface area contributed by atoms with Gasteiger partial charge in [-0.2, -0.15) is 0 Å². The van der Waals surface area contributed by atoms with Crippen molar-refractivity contribution in [3.05, 3.63) is 29.8 Å². The van der Waals surface area contributed by atoms with Crippen LogP contribution >= 0.6 is 0 Å². The minimum atomic E-state index is -1.10. The van der Waals surface area contributed by atoms with E-state index in [4.69, 9.17) is 10.5 Å². The molecule has 5 N–H and O–H groups in total. The summed E-state index contributed by atoms with van der Waals surface area (Å²) in [6, 6.07) is 4.65. The van der Waals surface area contributed by atoms with Gasteiger partial charge in [0.05, 0.1) is 6.04 Å². The van der Waals surface area contributed by atoms with Gasteiger partial charge in [0.15, 0.2) is 0 Å². The largest absolute Gasteiger partial charge is 0.488 e. The predicted molar refractivity (Wildman–Crippen MR) is 129 cm³/mol. The number of ether oxygens (including phenoxy) is 1. The molecule has 0 saturated heterocycles. The first-order chi connectivity index (χ1) is 15.2. The van der Waals surface area contributed by atoms with Gasteiger partial charge in [0.1, 0.15) is 23.4 Å². The van der Waals surface area contributed by atoms with Crippen LogP contribution in [0.3, 0.4) is 0 Å². The Bertz CT molecular complexity index is 786. The molecule has 0 unspecified atom stereocenters. The van der Waals surface area contributed by atoms with Gasteiger partial charge in [-0.25, -0.2) is 4.79 Å². The minimum Gasteiger partial charge on any atom is -0.488 e. The Morgan fingerprint density at radius 1 is 1.03 bits per heavy atom. The van der Waals surface area contributed by atoms with E-state index in [1.54, 1.807) is 0 Å². The maximum atomic E-state index is 12.9. The van der Waals surface area contributed by atoms with Crippen molar-refractivity contribution in [1.29, 1.82) is 0 Å². The molecule has 0 fully saturated rings. The Hall–Kier alpha value is -2.61. The third kappa shape index (κ3) is 10.2. The number of nitrogens with two attached hydrogens (primary N) is 1. The Morgan fingerprint density at radius 2 is 1.61 bits per heavy atom. The molecular weight excluding hydrogens is 422 g/mol. The summed E-state index contributed by atoms with van der Waals surface area (Å²) in [4.78, 5) is 37.2. The lowest BCUT2D eigenvalue weighted by molar-refractivity contribution is -0.143. The fourth-order valence-corrected chi connectivity index (χ4v) is 3.31. The van der Waals surface area contributed by atoms with Crippen LogP contribution in [0.2, 0.25) is 0 Å². The molecule has 1 rings (SSSR count). The Kier molecular flexibility index (Phi) is 10.8. The summed E-state index contributed by atoms with van der Waals surface area (Å²) in [7, 11) is 0. The van der Waals surface area contributed by atoms with E-state index in [1.807, 2.05) is 72.7 Å². The van der Waals surface area contributed by atoms with Crippen LogP contribution in [0.4, 0.5) is 0 Å². The molecule has 0 bridgehead atoms. The van der Waals surface area contributed by atoms with E-state index in [9.17, 15) is 19.5 Å². The molecule has 0 saturated carbocycles. The van der Waals surface area contributed by atoms with Gasteiger partial charge < -0.3 is 26.2 Å². The Balaban J connectivity index is 2.83. The number of aliphatic carboxylic acids is 1. The molecule has 8 heteroatoms. The van der Waals surface area contributed by atoms with Gasteiger partial charge >= 0.3 is 5.97 Å². The molecule has 8 nitrogen and oxygen atoms in total. The first kappa shape index (κ1) is 28.4. The number of hydrogen-bond acceptors (Lipinski definition) is 5. The van der Waals surface area contributed by atoms with Crippen LogP contribution in [0.25, 0.3) is 0 Å². The smallest absolute Gasteiger partial charge is 0.326 e. The van der Waals surface area contributed by atoms with Crippen molar-refractivity contribution in [1.82, 2.24) is 10.6 Å². The van der Waals surface area contributed by atoms with E-state index in [-0.39, 0.29) is 17.4 Å². The zero-order valence-corrected chi connectivity index (χ0v) is 21.0. The third-order valence-corrected chi connectivity index (χ3v) is 5.25. The second-order valence-electron chi connectivity index (χ2n) is 10.1. The lowest BCUT2D eigenvalue weighted by Crippen LogP contribution is -2.57. The summed E-state index contributed by atoms with van der Waals surface area (Å²) < 4.78 is 5.80. The molecule has 4 atom stereocenters. The molecule has 2 amide bonds. The number of carboxylic acid groups (broad SMARTS) is 1. The van der Waals surface area contributed by atoms with Crippen molar-refractivity contribution in [3.8, 4) is 5.75 Å². The lowest BCUT2D eigenvalue weighted by Gasteiger charge is -2.27. The second-order valence-corrected chi connectivity index (χ2v) is 10.1. The van der Waals surface area contributed by atoms with Crippen LogP contribution in [0.5, 0.6) is 5.75 Å². The van der Waals surface area contributed by atoms with Gasteiger partial charge in [0.2, 0.25) is 11.8 Å². The van der Waals surface area contributed by atoms with Crippen LogP contribution in [-0.2, 0) is 20.8 Å². The lowest BCUT2D eigenvalue weighted by atomic mass is 9.96. The molecular formula is C25H41N3O5. The number of benzene rings is 1. The second kappa shape index (κ2) is 12.6. The van der Waals surface area contributed by atoms with E-state index in [1.165, 1.54) is 0 Å². The fraction of sp³-hybridized carbons (Fsp3) is 0.640. The fourth-order valence-electron chi connectivity index (χ4n) is 3.31. The zero-order chi connectivity index (χ0) is 25.3. The van der Waals surface area contributed by atoms with Gasteiger partial charge in [-0.1, -0.05) is 46.2 Å². The molecule has 33 heavy (non-hydrogen) atoms. The highest BCUT2D eigenvalue weighted by Crippen LogP contribution is 2.19. The summed E-state index contributed by atoms with van der Waals surface area (Å²) in [5.74, 6) is -1.43. The molecule has 1 aromatic carbocycles. The number of carboxylic acids is 1. The molecule has 0 aliphatic heterocycles. The molecule has 0 heterocycles. The molecule has 0 aliphatic rings. The van der Waals surface area contributed by atoms with Crippen LogP contribution < -0.4 is 21.1 Å². The quantitative estimate of drug-likeness (QED) is 0.377. The van der Waals surface area contributed by atoms with Crippen LogP contribution in [-0.4, -0.2) is 46.6 Å². The van der Waals surface area contributed by atoms with Crippen LogP contribution in [0.1, 0.15) is 66.9 Å². The maximum Gasteiger partial charge on any atom is 0.326 e. The van der Waals surface area contributed by atoms with E-state index in [2.05, 4.69) is 10.6 Å². The third-order valence-electron chi connectivity index (χ3n) is 5.25. The Labute approximate surface area is 197 Å². The highest BCUT2D eigenvalue weighted by molar-refractivity contribution is 5.92. The van der Waals surface area contributed by atoms with Crippen molar-refractivity contribution < 1.29 is 24.2 Å². The summed E-state index contributed by atoms with van der Waals surface area (Å²) in [6.07, 6.45) is 1.23. The molecule has 0 spiro atoms. The van der Waals surface area contributed by atoms with Gasteiger partial charge in [0.25, 0.3) is 0 Å². The molecule has 0 aliphatic carbocycles. The molecule has 186 valence electrons. The molecule has 0 aromatic heterocycles. The number of amides is 2. The first-order valence-electron chi connectivity index (χ1n) is 11.6. The number of nitrogens with one attached hydrogen (secondary N) is 2. The van der Waals surface area contributed by atoms with Gasteiger partial charge in [0, 0.05) is 0 Å². The maximum absolute atomic E-state index is 12.9. The number of carbonyl (C=O) groups is 3. The average molecular weight is 464 g/mol. The predicted octanol–water partition coefficient (Wildman–Crippen LogP) is 2.88. The van der Waals surface area contributed by atoms with Crippen LogP contribution in [0.15, 0.2) is 24.3 Å². The van der Waals surface area contributed by atoms with Crippen molar-refractivity contribution in [2.75, 3.05) is 0 Å². The number of carbonyl (C=O) groups excluding carboxylic acids is 2. The van der Waals surface area contributed by atoms with E-state index in [0.29, 0.717) is 19.3 Å². The van der Waals surface area contributed by atoms with Gasteiger partial charge in [-0.15, -0.1) is 0 Å². The standard InChI is InChI=1S/C25H41N3O5/c1-8-16(4)21(23(30)27-20(24(31)32)13-15(2)3)28-22(29)19(26)14-17-9-11-18(12-10-17)33-25(5,6)7/h9-12,15-16,19-21H,8,13-14,26H2,1-7H3,(H,27,30)(H,28,29)(H,31,32)/t16-,19-,20-,21-/m0/s1. The summed E-state index contributed by atoms with van der Waals surface area (Å²) in [5, 5.41) is 14.7. The SMILES string of the molecule is CC[C@H](C)[C@H](NC(=O)[C@@H](N)Cc1ccc(OC(C)(C)C)cc1)C(=O)N[C@@H](CC(C)C)C(=O)O. The van der Waals surface area contributed by atoms with E-state index in [0.717, 1.165) is 11.3 Å². The van der Waals surface area contributed by atoms with Crippen molar-refractivity contribution >= 4 is 17.8 Å². The van der Waals surface area contributed by atoms with Crippen molar-refractivity contribution in [2.24, 2.45) is 17.6 Å². The van der Waals surface area contributed by atoms with Crippen LogP contribution in [0, 0.1) is 11.8 Å². The minimum absolute atomic E-state index is 0.0941. The van der Waals surface area contributed by atoms with Gasteiger partial charge in [-0.05, 0) is 63.1 Å².